The fourth-order valence-electron chi connectivity index (χ4n) is 18.6. The number of ether oxygens (including phenoxy) is 4. The molecule has 10 aromatic rings. The van der Waals surface area contributed by atoms with Crippen LogP contribution < -0.4 is 48.4 Å². The van der Waals surface area contributed by atoms with Crippen LogP contribution in [0.2, 0.25) is 0 Å². The maximum Gasteiger partial charge on any atom is 1.00 e. The summed E-state index contributed by atoms with van der Waals surface area (Å²) in [7, 11) is 6.53. The zero-order chi connectivity index (χ0) is 103. The number of fused-ring (bicyclic) bond motifs is 20. The molecule has 3 radical (unpaired) electrons. The molecule has 10 amide bonds. The standard InChI is InChI=1S/2C19H22N4O4.C18H19N7O4.C18H20N4O5.C17H19N7O3.CH3ClO2S.CH4.B.Li.N3.Na.H/c2*1-3-9-22-16-14(10-20-22)15-11-21(17(16)18(24)26-2)19(25)23(15)27-12-13-7-5-4-6-8-13;1-28-17(26)16-15-13(9-21-24(15)8-7-20-22-19)14-10-23(16)18(27)25(14)29-11-12-5-3-2-4-6-12;1-26-17(24)16-15-13(9-19-21(15)7-8-23)14-10-20(16)18(25)22(14)27-11-12-5-3-2-4-6-12;18-21-19-6-7-23-16-13(8-20-23)14-9-22(15(16)10-25)17(26)24(14)27-11-12-4-2-1-3-5-12;1-5(2,3)4;;;;1-3-2;;/h2*4-8,10,15,17H,3,9,11-12H2,1-2H3;2-6,9,14,16H,7-8,10-11H2,1H3;2-6,9,14,16,23H,7-8,10-11H2,1H3;1-5,8,14-15,25H,6-7,9-11H2;1H3;1H4;;;;;/q;;;;;;;;+1;-1;+1;-1/t2*15-,17-;2*14-,16-;14-,15+;;;;;;;/m00000......./s1. The third-order valence-corrected chi connectivity index (χ3v) is 24.8. The van der Waals surface area contributed by atoms with Crippen LogP contribution in [-0.4, -0.2) is 274 Å². The van der Waals surface area contributed by atoms with Crippen LogP contribution in [0.3, 0.4) is 0 Å². The van der Waals surface area contributed by atoms with Crippen molar-refractivity contribution in [3.05, 3.63) is 304 Å². The van der Waals surface area contributed by atoms with Crippen LogP contribution in [0, 0.1) is 0 Å². The van der Waals surface area contributed by atoms with E-state index in [2.05, 4.69) is 56.2 Å². The van der Waals surface area contributed by atoms with Crippen LogP contribution in [0.15, 0.2) is 193 Å². The SMILES string of the molecule is C.CCCn1ncc2c1[C@@H](C(=O)OC)N1C[C@@H]2N(OCc2ccccc2)C1=O.CCCn1ncc2c1[C@@H](C(=O)OC)N1C[C@@H]2N(OCc2ccccc2)C1=O.COC(=O)[C@@H]1c2c(cnn2CCN=[N+]=[N-])[C@@H]2CN1C(=O)N2OCc1ccccc1.COC(=O)[C@@H]1c2c(cnn2CCO)[C@@H]2CN1C(=O)N2OCc1ccccc1.CS(=O)(=O)Cl.[B].[H-].[Li+].[N-]=[N+]=NCCn1ncc2c1[C@@H](CO)N1C[C@@H]2N(OCc2ccccc2)C1=O.[N-]=[N+]=[N-].[Na+]. The second-order valence-electron chi connectivity index (χ2n) is 33.5. The van der Waals surface area contributed by atoms with E-state index in [1.807, 2.05) is 166 Å². The van der Waals surface area contributed by atoms with E-state index in [1.165, 1.54) is 78.3 Å². The fraction of sp³-hybridized carbons (Fsp3) is 0.419. The van der Waals surface area contributed by atoms with Gasteiger partial charge in [0.05, 0.1) is 153 Å². The number of aliphatic hydroxyl groups excluding tert-OH is 2. The van der Waals surface area contributed by atoms with Crippen molar-refractivity contribution in [2.45, 2.75) is 160 Å². The van der Waals surface area contributed by atoms with Gasteiger partial charge >= 0.3 is 102 Å². The zero-order valence-electron chi connectivity index (χ0n) is 83.3. The number of amides is 10. The molecule has 15 heterocycles. The van der Waals surface area contributed by atoms with Crippen LogP contribution in [0.1, 0.15) is 180 Å². The first-order valence-electron chi connectivity index (χ1n) is 45.8. The summed E-state index contributed by atoms with van der Waals surface area (Å²) in [5, 5.41) is 54.8. The molecule has 56 heteroatoms. The van der Waals surface area contributed by atoms with Gasteiger partial charge in [-0.3, -0.25) is 52.5 Å². The third-order valence-electron chi connectivity index (χ3n) is 24.8. The van der Waals surface area contributed by atoms with Crippen LogP contribution in [0.4, 0.5) is 24.0 Å². The van der Waals surface area contributed by atoms with Gasteiger partial charge in [-0.2, -0.15) is 50.8 Å². The summed E-state index contributed by atoms with van der Waals surface area (Å²) in [5.74, 6) is -2.04. The first kappa shape index (κ1) is 117. The maximum atomic E-state index is 13.0. The van der Waals surface area contributed by atoms with Gasteiger partial charge in [0.2, 0.25) is 9.05 Å². The molecular weight excluding hydrogens is 1980 g/mol. The first-order valence-corrected chi connectivity index (χ1v) is 48.5. The average molecular weight is 2090 g/mol. The van der Waals surface area contributed by atoms with E-state index in [-0.39, 0.29) is 180 Å². The number of esters is 4. The molecule has 10 atom stereocenters. The summed E-state index contributed by atoms with van der Waals surface area (Å²) >= 11 is 0. The van der Waals surface area contributed by atoms with Gasteiger partial charge in [-0.25, -0.2) is 51.6 Å². The number of aryl methyl sites for hydroxylation is 2. The minimum absolute atomic E-state index is 0. The average Bonchev–Trinajstić information content (AvgIpc) is 1.59. The van der Waals surface area contributed by atoms with E-state index >= 15 is 0 Å². The normalized spacial score (nSPS) is 19.3. The Kier molecular flexibility index (Phi) is 42.5. The van der Waals surface area contributed by atoms with Crippen molar-refractivity contribution in [3.63, 3.8) is 0 Å². The zero-order valence-corrected chi connectivity index (χ0v) is 85.9. The molecule has 5 fully saturated rings. The molecule has 10 aliphatic heterocycles. The van der Waals surface area contributed by atoms with Crippen LogP contribution in [0.5, 0.6) is 0 Å². The molecule has 0 saturated carbocycles. The number of aromatic nitrogens is 10. The van der Waals surface area contributed by atoms with E-state index < -0.39 is 81.2 Å². The van der Waals surface area contributed by atoms with E-state index in [9.17, 15) is 61.8 Å². The molecule has 5 aromatic carbocycles. The quantitative estimate of drug-likeness (QED) is 0.00958. The number of nitrogens with zero attached hydrogens (tertiary/aromatic N) is 29. The first-order chi connectivity index (χ1) is 70.3. The summed E-state index contributed by atoms with van der Waals surface area (Å²) in [4.78, 5) is 158. The van der Waals surface area contributed by atoms with Gasteiger partial charge < -0.3 is 66.1 Å². The number of halogens is 1. The van der Waals surface area contributed by atoms with Crippen molar-refractivity contribution in [2.24, 2.45) is 10.2 Å². The Morgan fingerprint density at radius 1 is 0.396 bits per heavy atom. The van der Waals surface area contributed by atoms with Crippen LogP contribution >= 0.6 is 10.7 Å². The number of hydroxylamine groups is 10. The number of azide groups is 2. The Bertz CT molecular complexity index is 6200. The summed E-state index contributed by atoms with van der Waals surface area (Å²) in [6.07, 6.45) is 11.1. The molecule has 10 aliphatic rings. The van der Waals surface area contributed by atoms with Crippen molar-refractivity contribution in [2.75, 3.05) is 93.7 Å². The summed E-state index contributed by atoms with van der Waals surface area (Å²) < 4.78 is 47.0. The van der Waals surface area contributed by atoms with Gasteiger partial charge in [0.15, 0.2) is 24.2 Å². The van der Waals surface area contributed by atoms with Gasteiger partial charge in [0, 0.05) is 96.0 Å². The number of hydrogen-bond acceptors (Lipinski definition) is 29. The number of hydrogen-bond donors (Lipinski definition) is 2. The van der Waals surface area contributed by atoms with E-state index in [0.29, 0.717) is 63.7 Å². The molecule has 5 saturated heterocycles. The summed E-state index contributed by atoms with van der Waals surface area (Å²) in [6.45, 7) is 9.46. The van der Waals surface area contributed by atoms with Gasteiger partial charge in [0.1, 0.15) is 63.2 Å². The van der Waals surface area contributed by atoms with Crippen molar-refractivity contribution in [1.82, 2.24) is 98.7 Å². The van der Waals surface area contributed by atoms with Gasteiger partial charge in [-0.05, 0) is 51.7 Å². The molecule has 0 spiro atoms. The number of carbonyl (C=O) groups is 9. The Morgan fingerprint density at radius 3 is 0.819 bits per heavy atom. The smallest absolute Gasteiger partial charge is 1.00 e. The van der Waals surface area contributed by atoms with Crippen LogP contribution in [0.25, 0.3) is 36.9 Å². The van der Waals surface area contributed by atoms with E-state index in [0.717, 1.165) is 91.8 Å². The summed E-state index contributed by atoms with van der Waals surface area (Å²) in [5.41, 5.74) is 42.5. The van der Waals surface area contributed by atoms with Crippen molar-refractivity contribution in [3.8, 4) is 0 Å². The topological polar surface area (TPSA) is 589 Å². The van der Waals surface area contributed by atoms with Crippen molar-refractivity contribution < 1.29 is 155 Å². The Balaban J connectivity index is 0.000000202. The van der Waals surface area contributed by atoms with Crippen LogP contribution in [-0.2, 0) is 137 Å². The Hall–Kier alpha value is -14.1. The molecule has 777 valence electrons. The predicted octanol–water partition coefficient (Wildman–Crippen LogP) is 5.79. The largest absolute Gasteiger partial charge is 1.00 e. The van der Waals surface area contributed by atoms with Crippen molar-refractivity contribution >= 4 is 82.2 Å². The maximum absolute atomic E-state index is 13.0. The third kappa shape index (κ3) is 25.7. The Morgan fingerprint density at radius 2 is 0.604 bits per heavy atom. The molecule has 0 aliphatic carbocycles. The second kappa shape index (κ2) is 54.2. The van der Waals surface area contributed by atoms with E-state index in [1.54, 1.807) is 59.3 Å². The second-order valence-corrected chi connectivity index (χ2v) is 36.6. The molecule has 51 nitrogen and oxygen atoms in total. The monoisotopic (exact) mass is 2090 g/mol. The molecule has 10 bridgehead atoms. The molecule has 20 rings (SSSR count). The molecular formula is C93H110BClLiN29NaO22S. The van der Waals surface area contributed by atoms with E-state index in [4.69, 9.17) is 65.3 Å². The molecule has 2 N–H and O–H groups in total. The number of benzene rings is 5. The molecule has 0 unspecified atom stereocenters. The summed E-state index contributed by atoms with van der Waals surface area (Å²) in [6, 6.07) is 40.7. The minimum Gasteiger partial charge on any atom is -1.00 e. The minimum atomic E-state index is -3.19. The number of methoxy groups -OCH3 is 4. The fourth-order valence-corrected chi connectivity index (χ4v) is 18.6. The van der Waals surface area contributed by atoms with Gasteiger partial charge in [-0.15, -0.1) is 0 Å². The number of aliphatic hydroxyl groups is 2. The number of urea groups is 5. The molecule has 5 aromatic heterocycles. The molecule has 149 heavy (non-hydrogen) atoms. The predicted molar refractivity (Wildman–Crippen MR) is 520 cm³/mol. The number of carbonyl (C=O) groups excluding carboxylic acids is 9. The van der Waals surface area contributed by atoms with Gasteiger partial charge in [-0.1, -0.05) is 183 Å². The Labute approximate surface area is 897 Å². The number of rotatable bonds is 32. The van der Waals surface area contributed by atoms with Crippen molar-refractivity contribution in [1.29, 1.82) is 0 Å². The van der Waals surface area contributed by atoms with Gasteiger partial charge in [0.25, 0.3) is 0 Å².